The average Bonchev–Trinajstić information content (AvgIpc) is 2.76. The maximum atomic E-state index is 12.1. The summed E-state index contributed by atoms with van der Waals surface area (Å²) in [5.74, 6) is 0.683. The van der Waals surface area contributed by atoms with Crippen LogP contribution in [-0.2, 0) is 11.2 Å². The number of anilines is 1. The fourth-order valence-electron chi connectivity index (χ4n) is 2.39. The molecule has 0 aromatic carbocycles. The number of H-pyrrole nitrogens is 1. The molecule has 5 nitrogen and oxygen atoms in total. The molecule has 5 heteroatoms. The van der Waals surface area contributed by atoms with E-state index in [1.807, 2.05) is 6.92 Å². The number of rotatable bonds is 3. The number of hydrogen-bond donors (Lipinski definition) is 3. The Hall–Kier alpha value is -1.36. The van der Waals surface area contributed by atoms with Crippen molar-refractivity contribution in [1.82, 2.24) is 10.2 Å². The van der Waals surface area contributed by atoms with E-state index < -0.39 is 0 Å². The van der Waals surface area contributed by atoms with Crippen LogP contribution in [0.4, 0.5) is 5.82 Å². The van der Waals surface area contributed by atoms with Crippen LogP contribution in [0.3, 0.4) is 0 Å². The Bertz CT molecular complexity index is 388. The van der Waals surface area contributed by atoms with Crippen molar-refractivity contribution in [1.29, 1.82) is 0 Å². The van der Waals surface area contributed by atoms with Gasteiger partial charge in [-0.2, -0.15) is 5.10 Å². The Morgan fingerprint density at radius 1 is 1.59 bits per heavy atom. The van der Waals surface area contributed by atoms with Gasteiger partial charge in [-0.3, -0.25) is 9.89 Å². The first kappa shape index (κ1) is 12.1. The highest BCUT2D eigenvalue weighted by atomic mass is 16.2. The third kappa shape index (κ3) is 2.66. The predicted octanol–water partition coefficient (Wildman–Crippen LogP) is 1.43. The van der Waals surface area contributed by atoms with Crippen molar-refractivity contribution in [3.8, 4) is 0 Å². The molecule has 1 aliphatic rings. The number of hydrogen-bond acceptors (Lipinski definition) is 3. The summed E-state index contributed by atoms with van der Waals surface area (Å²) in [6.45, 7) is 2.03. The summed E-state index contributed by atoms with van der Waals surface area (Å²) in [6.07, 6.45) is 6.66. The second-order valence-corrected chi connectivity index (χ2v) is 4.67. The molecule has 2 atom stereocenters. The number of nitrogens with zero attached hydrogens (tertiary/aromatic N) is 1. The number of carbonyl (C=O) groups excluding carboxylic acids is 1. The monoisotopic (exact) mass is 236 g/mol. The summed E-state index contributed by atoms with van der Waals surface area (Å²) in [6, 6.07) is -0.00301. The third-order valence-electron chi connectivity index (χ3n) is 3.50. The largest absolute Gasteiger partial charge is 0.327 e. The molecule has 1 saturated carbocycles. The van der Waals surface area contributed by atoms with E-state index in [9.17, 15) is 4.79 Å². The van der Waals surface area contributed by atoms with Gasteiger partial charge in [-0.15, -0.1) is 0 Å². The minimum absolute atomic E-state index is 0.00301. The van der Waals surface area contributed by atoms with Crippen molar-refractivity contribution in [2.75, 3.05) is 5.32 Å². The number of amides is 1. The van der Waals surface area contributed by atoms with Crippen LogP contribution in [-0.4, -0.2) is 22.1 Å². The molecule has 4 N–H and O–H groups in total. The summed E-state index contributed by atoms with van der Waals surface area (Å²) >= 11 is 0. The molecule has 0 spiro atoms. The molecule has 94 valence electrons. The highest BCUT2D eigenvalue weighted by Gasteiger charge is 2.28. The maximum Gasteiger partial charge on any atom is 0.230 e. The molecule has 0 saturated heterocycles. The van der Waals surface area contributed by atoms with E-state index in [-0.39, 0.29) is 17.9 Å². The van der Waals surface area contributed by atoms with Crippen LogP contribution < -0.4 is 11.1 Å². The Morgan fingerprint density at radius 2 is 2.35 bits per heavy atom. The summed E-state index contributed by atoms with van der Waals surface area (Å²) in [7, 11) is 0. The first-order chi connectivity index (χ1) is 8.22. The lowest BCUT2D eigenvalue weighted by atomic mass is 9.84. The molecular weight excluding hydrogens is 216 g/mol. The maximum absolute atomic E-state index is 12.1. The third-order valence-corrected chi connectivity index (χ3v) is 3.50. The Kier molecular flexibility index (Phi) is 3.78. The zero-order chi connectivity index (χ0) is 12.3. The number of nitrogens with one attached hydrogen (secondary N) is 2. The summed E-state index contributed by atoms with van der Waals surface area (Å²) in [5, 5.41) is 9.66. The fourth-order valence-corrected chi connectivity index (χ4v) is 2.39. The van der Waals surface area contributed by atoms with Crippen molar-refractivity contribution in [2.24, 2.45) is 11.7 Å². The molecule has 0 radical (unpaired) electrons. The minimum Gasteiger partial charge on any atom is -0.327 e. The van der Waals surface area contributed by atoms with Gasteiger partial charge in [0.15, 0.2) is 0 Å². The summed E-state index contributed by atoms with van der Waals surface area (Å²) in [4.78, 5) is 12.1. The number of carbonyl (C=O) groups is 1. The normalized spacial score (nSPS) is 24.6. The quantitative estimate of drug-likeness (QED) is 0.742. The smallest absolute Gasteiger partial charge is 0.230 e. The zero-order valence-electron chi connectivity index (χ0n) is 10.2. The predicted molar refractivity (Wildman–Crippen MR) is 66.5 cm³/mol. The molecule has 1 aliphatic carbocycles. The van der Waals surface area contributed by atoms with Crippen LogP contribution in [0.15, 0.2) is 6.20 Å². The molecule has 1 aromatic heterocycles. The van der Waals surface area contributed by atoms with E-state index >= 15 is 0 Å². The second-order valence-electron chi connectivity index (χ2n) is 4.67. The average molecular weight is 236 g/mol. The summed E-state index contributed by atoms with van der Waals surface area (Å²) in [5.41, 5.74) is 7.02. The molecule has 2 rings (SSSR count). The van der Waals surface area contributed by atoms with Gasteiger partial charge in [-0.25, -0.2) is 0 Å². The molecule has 1 heterocycles. The topological polar surface area (TPSA) is 83.8 Å². The highest BCUT2D eigenvalue weighted by Crippen LogP contribution is 2.24. The number of nitrogens with two attached hydrogens (primary N) is 1. The number of aryl methyl sites for hydroxylation is 1. The molecular formula is C12H20N4O. The van der Waals surface area contributed by atoms with Gasteiger partial charge in [0, 0.05) is 11.6 Å². The molecule has 0 bridgehead atoms. The van der Waals surface area contributed by atoms with E-state index in [0.29, 0.717) is 0 Å². The van der Waals surface area contributed by atoms with Gasteiger partial charge < -0.3 is 11.1 Å². The van der Waals surface area contributed by atoms with E-state index in [4.69, 9.17) is 5.73 Å². The van der Waals surface area contributed by atoms with E-state index in [1.165, 1.54) is 0 Å². The van der Waals surface area contributed by atoms with Crippen LogP contribution >= 0.6 is 0 Å². The van der Waals surface area contributed by atoms with Gasteiger partial charge in [0.1, 0.15) is 5.82 Å². The summed E-state index contributed by atoms with van der Waals surface area (Å²) < 4.78 is 0. The van der Waals surface area contributed by atoms with Gasteiger partial charge in [0.25, 0.3) is 0 Å². The van der Waals surface area contributed by atoms with Crippen LogP contribution in [0.5, 0.6) is 0 Å². The van der Waals surface area contributed by atoms with Crippen molar-refractivity contribution in [3.63, 3.8) is 0 Å². The molecule has 1 amide bonds. The van der Waals surface area contributed by atoms with Crippen LogP contribution in [0.2, 0.25) is 0 Å². The molecule has 0 aliphatic heterocycles. The van der Waals surface area contributed by atoms with Crippen molar-refractivity contribution < 1.29 is 4.79 Å². The standard InChI is InChI=1S/C12H20N4O/c1-2-8-7-14-16-11(8)15-12(17)9-5-3-4-6-10(9)13/h7,9-10H,2-6,13H2,1H3,(H2,14,15,16,17). The van der Waals surface area contributed by atoms with Gasteiger partial charge in [0.05, 0.1) is 12.1 Å². The van der Waals surface area contributed by atoms with Gasteiger partial charge in [0.2, 0.25) is 5.91 Å². The van der Waals surface area contributed by atoms with Gasteiger partial charge in [-0.05, 0) is 19.3 Å². The van der Waals surface area contributed by atoms with E-state index in [2.05, 4.69) is 15.5 Å². The molecule has 17 heavy (non-hydrogen) atoms. The second kappa shape index (κ2) is 5.31. The fraction of sp³-hybridized carbons (Fsp3) is 0.667. The van der Waals surface area contributed by atoms with Gasteiger partial charge in [-0.1, -0.05) is 19.8 Å². The lowest BCUT2D eigenvalue weighted by Crippen LogP contribution is -2.40. The SMILES string of the molecule is CCc1cn[nH]c1NC(=O)C1CCCCC1N. The van der Waals surface area contributed by atoms with Crippen molar-refractivity contribution >= 4 is 11.7 Å². The van der Waals surface area contributed by atoms with Crippen molar-refractivity contribution in [3.05, 3.63) is 11.8 Å². The highest BCUT2D eigenvalue weighted by molar-refractivity contribution is 5.92. The minimum atomic E-state index is -0.0586. The van der Waals surface area contributed by atoms with Crippen LogP contribution in [0.25, 0.3) is 0 Å². The van der Waals surface area contributed by atoms with Crippen LogP contribution in [0.1, 0.15) is 38.2 Å². The first-order valence-electron chi connectivity index (χ1n) is 6.31. The lowest BCUT2D eigenvalue weighted by molar-refractivity contribution is -0.121. The first-order valence-corrected chi connectivity index (χ1v) is 6.31. The van der Waals surface area contributed by atoms with E-state index in [0.717, 1.165) is 43.5 Å². The number of aromatic nitrogens is 2. The van der Waals surface area contributed by atoms with Gasteiger partial charge >= 0.3 is 0 Å². The Balaban J connectivity index is 2.01. The Morgan fingerprint density at radius 3 is 3.06 bits per heavy atom. The molecule has 1 aromatic rings. The van der Waals surface area contributed by atoms with Crippen LogP contribution in [0, 0.1) is 5.92 Å². The molecule has 2 unspecified atom stereocenters. The van der Waals surface area contributed by atoms with E-state index in [1.54, 1.807) is 6.20 Å². The zero-order valence-corrected chi connectivity index (χ0v) is 10.2. The lowest BCUT2D eigenvalue weighted by Gasteiger charge is -2.27. The molecule has 1 fully saturated rings. The Labute approximate surface area is 101 Å². The van der Waals surface area contributed by atoms with Crippen molar-refractivity contribution in [2.45, 2.75) is 45.1 Å². The number of aromatic amines is 1.